The highest BCUT2D eigenvalue weighted by atomic mass is 19.4. The number of carboxylic acid groups (broad SMARTS) is 1. The Hall–Kier alpha value is -1.52. The van der Waals surface area contributed by atoms with Crippen LogP contribution in [0, 0.1) is 6.07 Å². The molecule has 0 aliphatic heterocycles. The van der Waals surface area contributed by atoms with E-state index in [4.69, 9.17) is 5.11 Å². The quantitative estimate of drug-likeness (QED) is 0.735. The van der Waals surface area contributed by atoms with Gasteiger partial charge in [-0.05, 0) is 24.3 Å². The van der Waals surface area contributed by atoms with E-state index in [1.807, 2.05) is 0 Å². The van der Waals surface area contributed by atoms with E-state index < -0.39 is 23.3 Å². The fourth-order valence-electron chi connectivity index (χ4n) is 0.759. The van der Waals surface area contributed by atoms with E-state index in [0.717, 1.165) is 6.07 Å². The molecule has 0 saturated carbocycles. The summed E-state index contributed by atoms with van der Waals surface area (Å²) >= 11 is 0. The number of rotatable bonds is 1. The first kappa shape index (κ1) is 9.57. The fraction of sp³-hybridized carbons (Fsp3) is 0.125. The molecule has 0 saturated heterocycles. The molecule has 0 aliphatic carbocycles. The first-order chi connectivity index (χ1) is 5.91. The van der Waals surface area contributed by atoms with Crippen molar-refractivity contribution in [1.29, 1.82) is 0 Å². The molecular formula is C8H4F3O2. The Balaban J connectivity index is 3.13. The van der Waals surface area contributed by atoms with Crippen LogP contribution in [0.25, 0.3) is 0 Å². The molecule has 1 rings (SSSR count). The largest absolute Gasteiger partial charge is 0.478 e. The molecule has 1 aromatic rings. The van der Waals surface area contributed by atoms with Crippen molar-refractivity contribution in [2.45, 2.75) is 6.18 Å². The first-order valence-corrected chi connectivity index (χ1v) is 3.23. The summed E-state index contributed by atoms with van der Waals surface area (Å²) in [4.78, 5) is 10.3. The number of carboxylic acids is 1. The molecular weight excluding hydrogens is 185 g/mol. The number of benzene rings is 1. The Kier molecular flexibility index (Phi) is 2.27. The van der Waals surface area contributed by atoms with E-state index in [1.165, 1.54) is 0 Å². The molecule has 13 heavy (non-hydrogen) atoms. The Labute approximate surface area is 71.6 Å². The highest BCUT2D eigenvalue weighted by Crippen LogP contribution is 2.29. The maximum atomic E-state index is 12.0. The van der Waals surface area contributed by atoms with Crippen molar-refractivity contribution in [3.05, 3.63) is 35.4 Å². The number of carbonyl (C=O) groups is 1. The van der Waals surface area contributed by atoms with E-state index in [1.54, 1.807) is 0 Å². The van der Waals surface area contributed by atoms with E-state index >= 15 is 0 Å². The molecule has 0 atom stereocenters. The van der Waals surface area contributed by atoms with Crippen LogP contribution in [0.3, 0.4) is 0 Å². The summed E-state index contributed by atoms with van der Waals surface area (Å²) in [7, 11) is 0. The predicted molar refractivity (Wildman–Crippen MR) is 37.2 cm³/mol. The highest BCUT2D eigenvalue weighted by molar-refractivity contribution is 5.87. The van der Waals surface area contributed by atoms with E-state index in [9.17, 15) is 18.0 Å². The Morgan fingerprint density at radius 3 is 2.46 bits per heavy atom. The van der Waals surface area contributed by atoms with Gasteiger partial charge in [-0.3, -0.25) is 0 Å². The lowest BCUT2D eigenvalue weighted by Crippen LogP contribution is -2.07. The summed E-state index contributed by atoms with van der Waals surface area (Å²) in [6, 6.07) is 4.37. The molecule has 0 unspecified atom stereocenters. The summed E-state index contributed by atoms with van der Waals surface area (Å²) in [5.41, 5.74) is -1.43. The molecule has 0 spiro atoms. The van der Waals surface area contributed by atoms with Crippen molar-refractivity contribution < 1.29 is 23.1 Å². The van der Waals surface area contributed by atoms with Gasteiger partial charge in [-0.15, -0.1) is 0 Å². The molecule has 0 bridgehead atoms. The molecule has 0 heterocycles. The van der Waals surface area contributed by atoms with E-state index in [-0.39, 0.29) is 0 Å². The molecule has 1 aromatic carbocycles. The third-order valence-corrected chi connectivity index (χ3v) is 1.36. The molecule has 0 amide bonds. The normalized spacial score (nSPS) is 11.3. The smallest absolute Gasteiger partial charge is 0.416 e. The third-order valence-electron chi connectivity index (χ3n) is 1.36. The van der Waals surface area contributed by atoms with Gasteiger partial charge in [-0.2, -0.15) is 13.2 Å². The van der Waals surface area contributed by atoms with Crippen LogP contribution in [-0.4, -0.2) is 11.1 Å². The number of halogens is 3. The van der Waals surface area contributed by atoms with Crippen LogP contribution in [0.1, 0.15) is 15.9 Å². The van der Waals surface area contributed by atoms with Crippen molar-refractivity contribution in [2.75, 3.05) is 0 Å². The molecule has 1 N–H and O–H groups in total. The van der Waals surface area contributed by atoms with Crippen molar-refractivity contribution in [3.63, 3.8) is 0 Å². The fourth-order valence-corrected chi connectivity index (χ4v) is 0.759. The summed E-state index contributed by atoms with van der Waals surface area (Å²) < 4.78 is 36.1. The van der Waals surface area contributed by atoms with Gasteiger partial charge in [-0.1, -0.05) is 0 Å². The molecule has 0 fully saturated rings. The average Bonchev–Trinajstić information content (AvgIpc) is 2.03. The van der Waals surface area contributed by atoms with Crippen LogP contribution >= 0.6 is 0 Å². The second-order valence-electron chi connectivity index (χ2n) is 2.31. The van der Waals surface area contributed by atoms with Gasteiger partial charge in [0.2, 0.25) is 0 Å². The Bertz CT molecular complexity index is 330. The number of hydrogen-bond donors (Lipinski definition) is 1. The molecule has 5 heteroatoms. The molecule has 69 valence electrons. The minimum atomic E-state index is -4.53. The predicted octanol–water partition coefficient (Wildman–Crippen LogP) is 2.20. The maximum absolute atomic E-state index is 12.0. The van der Waals surface area contributed by atoms with Gasteiger partial charge in [0.1, 0.15) is 0 Å². The van der Waals surface area contributed by atoms with Gasteiger partial charge < -0.3 is 5.11 Å². The molecule has 2 nitrogen and oxygen atoms in total. The Morgan fingerprint density at radius 1 is 1.38 bits per heavy atom. The van der Waals surface area contributed by atoms with Crippen LogP contribution in [0.4, 0.5) is 13.2 Å². The number of hydrogen-bond acceptors (Lipinski definition) is 1. The molecule has 0 aromatic heterocycles. The van der Waals surface area contributed by atoms with Crippen molar-refractivity contribution in [1.82, 2.24) is 0 Å². The van der Waals surface area contributed by atoms with Gasteiger partial charge in [0.15, 0.2) is 0 Å². The van der Waals surface area contributed by atoms with Crippen LogP contribution in [-0.2, 0) is 6.18 Å². The summed E-state index contributed by atoms with van der Waals surface area (Å²) in [6.45, 7) is 0. The second-order valence-corrected chi connectivity index (χ2v) is 2.31. The number of aromatic carboxylic acids is 1. The maximum Gasteiger partial charge on any atom is 0.416 e. The number of alkyl halides is 3. The van der Waals surface area contributed by atoms with Gasteiger partial charge in [0.25, 0.3) is 0 Å². The topological polar surface area (TPSA) is 37.3 Å². The SMILES string of the molecule is O=C(O)c1c[c]cc(C(F)(F)F)c1. The first-order valence-electron chi connectivity index (χ1n) is 3.23. The minimum absolute atomic E-state index is 0.421. The lowest BCUT2D eigenvalue weighted by molar-refractivity contribution is -0.137. The monoisotopic (exact) mass is 189 g/mol. The zero-order chi connectivity index (χ0) is 10.1. The molecule has 0 aliphatic rings. The van der Waals surface area contributed by atoms with Crippen molar-refractivity contribution in [3.8, 4) is 0 Å². The lowest BCUT2D eigenvalue weighted by Gasteiger charge is -2.05. The highest BCUT2D eigenvalue weighted by Gasteiger charge is 2.30. The Morgan fingerprint density at radius 2 is 2.00 bits per heavy atom. The zero-order valence-electron chi connectivity index (χ0n) is 6.22. The van der Waals surface area contributed by atoms with Gasteiger partial charge >= 0.3 is 12.1 Å². The van der Waals surface area contributed by atoms with Crippen molar-refractivity contribution >= 4 is 5.97 Å². The summed E-state index contributed by atoms with van der Waals surface area (Å²) in [5.74, 6) is -1.40. The van der Waals surface area contributed by atoms with Gasteiger partial charge in [-0.25, -0.2) is 4.79 Å². The van der Waals surface area contributed by atoms with Crippen LogP contribution < -0.4 is 0 Å². The van der Waals surface area contributed by atoms with Crippen LogP contribution in [0.5, 0.6) is 0 Å². The lowest BCUT2D eigenvalue weighted by atomic mass is 10.1. The van der Waals surface area contributed by atoms with Gasteiger partial charge in [0, 0.05) is 0 Å². The standard InChI is InChI=1S/C8H4F3O2/c9-8(10,11)6-3-1-2-5(4-6)7(12)13/h2-4H,(H,12,13). The average molecular weight is 189 g/mol. The van der Waals surface area contributed by atoms with E-state index in [0.29, 0.717) is 12.1 Å². The zero-order valence-corrected chi connectivity index (χ0v) is 6.22. The second kappa shape index (κ2) is 3.08. The summed E-state index contributed by atoms with van der Waals surface area (Å²) in [6.07, 6.45) is -4.53. The molecule has 1 radical (unpaired) electrons. The minimum Gasteiger partial charge on any atom is -0.478 e. The third kappa shape index (κ3) is 2.21. The van der Waals surface area contributed by atoms with Gasteiger partial charge in [0.05, 0.1) is 11.1 Å². The van der Waals surface area contributed by atoms with E-state index in [2.05, 4.69) is 6.07 Å². The van der Waals surface area contributed by atoms with Crippen molar-refractivity contribution in [2.24, 2.45) is 0 Å². The van der Waals surface area contributed by atoms with Crippen LogP contribution in [0.15, 0.2) is 18.2 Å². The summed E-state index contributed by atoms with van der Waals surface area (Å²) in [5, 5.41) is 8.39. The van der Waals surface area contributed by atoms with Crippen LogP contribution in [0.2, 0.25) is 0 Å².